The van der Waals surface area contributed by atoms with E-state index in [0.717, 1.165) is 0 Å². The van der Waals surface area contributed by atoms with E-state index < -0.39 is 29.6 Å². The van der Waals surface area contributed by atoms with E-state index in [0.29, 0.717) is 23.7 Å². The van der Waals surface area contributed by atoms with Gasteiger partial charge in [-0.1, -0.05) is 12.1 Å². The van der Waals surface area contributed by atoms with Crippen molar-refractivity contribution < 1.29 is 28.2 Å². The first-order chi connectivity index (χ1) is 13.9. The van der Waals surface area contributed by atoms with Crippen molar-refractivity contribution in [1.29, 1.82) is 0 Å². The number of ether oxygens (including phenoxy) is 2. The van der Waals surface area contributed by atoms with Crippen LogP contribution in [0.25, 0.3) is 0 Å². The molecule has 0 spiro atoms. The molecule has 1 atom stereocenters. The lowest BCUT2D eigenvalue weighted by Gasteiger charge is -2.15. The van der Waals surface area contributed by atoms with Crippen molar-refractivity contribution in [2.24, 2.45) is 0 Å². The number of benzene rings is 2. The van der Waals surface area contributed by atoms with E-state index in [1.54, 1.807) is 31.2 Å². The van der Waals surface area contributed by atoms with E-state index in [-0.39, 0.29) is 6.54 Å². The molecule has 0 aliphatic heterocycles. The Bertz CT molecular complexity index is 857. The third-order valence-electron chi connectivity index (χ3n) is 3.66. The van der Waals surface area contributed by atoms with Gasteiger partial charge >= 0.3 is 0 Å². The highest BCUT2D eigenvalue weighted by molar-refractivity contribution is 5.98. The van der Waals surface area contributed by atoms with Crippen LogP contribution in [0.5, 0.6) is 11.5 Å². The lowest BCUT2D eigenvalue weighted by Crippen LogP contribution is -2.50. The Morgan fingerprint density at radius 2 is 1.72 bits per heavy atom. The van der Waals surface area contributed by atoms with E-state index in [4.69, 9.17) is 9.47 Å². The van der Waals surface area contributed by atoms with Crippen molar-refractivity contribution in [3.8, 4) is 11.5 Å². The van der Waals surface area contributed by atoms with Crippen LogP contribution in [-0.4, -0.2) is 37.0 Å². The second-order valence-corrected chi connectivity index (χ2v) is 5.86. The maximum atomic E-state index is 12.9. The minimum atomic E-state index is -0.937. The topological polar surface area (TPSA) is 106 Å². The van der Waals surface area contributed by atoms with Gasteiger partial charge in [0, 0.05) is 0 Å². The zero-order chi connectivity index (χ0) is 21.2. The highest BCUT2D eigenvalue weighted by atomic mass is 19.1. The van der Waals surface area contributed by atoms with Gasteiger partial charge in [0.1, 0.15) is 17.3 Å². The van der Waals surface area contributed by atoms with Crippen molar-refractivity contribution in [2.45, 2.75) is 20.0 Å². The minimum Gasteiger partial charge on any atom is -0.493 e. The normalized spacial score (nSPS) is 11.1. The number of rotatable bonds is 8. The fourth-order valence-electron chi connectivity index (χ4n) is 2.24. The Hall–Kier alpha value is -3.62. The molecule has 0 aliphatic rings. The summed E-state index contributed by atoms with van der Waals surface area (Å²) >= 11 is 0. The second-order valence-electron chi connectivity index (χ2n) is 5.86. The van der Waals surface area contributed by atoms with E-state index in [1.807, 2.05) is 0 Å². The number of hydrogen-bond acceptors (Lipinski definition) is 5. The molecular weight excluding hydrogens is 381 g/mol. The number of carbonyl (C=O) groups excluding carboxylic acids is 3. The summed E-state index contributed by atoms with van der Waals surface area (Å²) in [5.74, 6) is -1.44. The molecule has 3 N–H and O–H groups in total. The Balaban J connectivity index is 1.77. The van der Waals surface area contributed by atoms with Gasteiger partial charge in [-0.15, -0.1) is 0 Å². The fourth-order valence-corrected chi connectivity index (χ4v) is 2.24. The number of para-hydroxylation sites is 1. The summed E-state index contributed by atoms with van der Waals surface area (Å²) in [5, 5.41) is 2.45. The SMILES string of the molecule is CCOc1ccccc1C(=O)NCC(=O)NNC(=O)C(C)Oc1ccc(F)cc1. The van der Waals surface area contributed by atoms with Crippen LogP contribution < -0.4 is 25.6 Å². The number of nitrogens with one attached hydrogen (secondary N) is 3. The van der Waals surface area contributed by atoms with E-state index in [9.17, 15) is 18.8 Å². The largest absolute Gasteiger partial charge is 0.493 e. The maximum Gasteiger partial charge on any atom is 0.279 e. The molecule has 8 nitrogen and oxygen atoms in total. The van der Waals surface area contributed by atoms with E-state index >= 15 is 0 Å². The van der Waals surface area contributed by atoms with Crippen molar-refractivity contribution in [2.75, 3.05) is 13.2 Å². The Labute approximate surface area is 167 Å². The molecule has 9 heteroatoms. The van der Waals surface area contributed by atoms with E-state index in [1.165, 1.54) is 31.2 Å². The van der Waals surface area contributed by atoms with Crippen LogP contribution in [-0.2, 0) is 9.59 Å². The molecule has 0 radical (unpaired) electrons. The summed E-state index contributed by atoms with van der Waals surface area (Å²) in [6.45, 7) is 3.31. The van der Waals surface area contributed by atoms with Crippen molar-refractivity contribution in [3.05, 3.63) is 59.9 Å². The van der Waals surface area contributed by atoms with Gasteiger partial charge in [0.05, 0.1) is 18.7 Å². The van der Waals surface area contributed by atoms with Crippen LogP contribution in [0, 0.1) is 5.82 Å². The van der Waals surface area contributed by atoms with Gasteiger partial charge in [-0.2, -0.15) is 0 Å². The summed E-state index contributed by atoms with van der Waals surface area (Å²) < 4.78 is 23.6. The summed E-state index contributed by atoms with van der Waals surface area (Å²) in [6.07, 6.45) is -0.937. The highest BCUT2D eigenvalue weighted by Gasteiger charge is 2.16. The van der Waals surface area contributed by atoms with E-state index in [2.05, 4.69) is 16.2 Å². The van der Waals surface area contributed by atoms with Crippen LogP contribution in [0.1, 0.15) is 24.2 Å². The molecule has 0 saturated carbocycles. The quantitative estimate of drug-likeness (QED) is 0.580. The van der Waals surface area contributed by atoms with Gasteiger partial charge in [-0.25, -0.2) is 4.39 Å². The Morgan fingerprint density at radius 1 is 1.03 bits per heavy atom. The summed E-state index contributed by atoms with van der Waals surface area (Å²) in [7, 11) is 0. The summed E-state index contributed by atoms with van der Waals surface area (Å²) in [4.78, 5) is 36.0. The molecule has 0 aliphatic carbocycles. The molecule has 1 unspecified atom stereocenters. The number of halogens is 1. The lowest BCUT2D eigenvalue weighted by atomic mass is 10.2. The highest BCUT2D eigenvalue weighted by Crippen LogP contribution is 2.17. The first-order valence-corrected chi connectivity index (χ1v) is 8.91. The van der Waals surface area contributed by atoms with Crippen molar-refractivity contribution in [3.63, 3.8) is 0 Å². The molecule has 2 aromatic carbocycles. The van der Waals surface area contributed by atoms with Gasteiger partial charge in [0.25, 0.3) is 17.7 Å². The minimum absolute atomic E-state index is 0.299. The molecule has 29 heavy (non-hydrogen) atoms. The molecule has 0 fully saturated rings. The molecule has 0 bridgehead atoms. The Kier molecular flexibility index (Phi) is 7.96. The molecule has 0 saturated heterocycles. The smallest absolute Gasteiger partial charge is 0.279 e. The number of hydrogen-bond donors (Lipinski definition) is 3. The van der Waals surface area contributed by atoms with Gasteiger partial charge in [0.15, 0.2) is 6.10 Å². The standard InChI is InChI=1S/C20H22FN3O5/c1-3-28-17-7-5-4-6-16(17)20(27)22-12-18(25)23-24-19(26)13(2)29-15-10-8-14(21)9-11-15/h4-11,13H,3,12H2,1-2H3,(H,22,27)(H,23,25)(H,24,26). The Morgan fingerprint density at radius 3 is 2.41 bits per heavy atom. The number of hydrazine groups is 1. The van der Waals surface area contributed by atoms with Crippen LogP contribution in [0.4, 0.5) is 4.39 Å². The average molecular weight is 403 g/mol. The molecule has 2 aromatic rings. The predicted molar refractivity (Wildman–Crippen MR) is 103 cm³/mol. The number of carbonyl (C=O) groups is 3. The monoisotopic (exact) mass is 403 g/mol. The van der Waals surface area contributed by atoms with Crippen molar-refractivity contribution >= 4 is 17.7 Å². The number of amides is 3. The average Bonchev–Trinajstić information content (AvgIpc) is 2.72. The second kappa shape index (κ2) is 10.6. The van der Waals surface area contributed by atoms with Gasteiger partial charge in [0.2, 0.25) is 0 Å². The molecule has 3 amide bonds. The van der Waals surface area contributed by atoms with Crippen LogP contribution in [0.15, 0.2) is 48.5 Å². The van der Waals surface area contributed by atoms with Gasteiger partial charge in [-0.05, 0) is 50.2 Å². The molecule has 0 heterocycles. The summed E-state index contributed by atoms with van der Waals surface area (Å²) in [5.41, 5.74) is 4.67. The first-order valence-electron chi connectivity index (χ1n) is 8.91. The van der Waals surface area contributed by atoms with Gasteiger partial charge in [-0.3, -0.25) is 25.2 Å². The van der Waals surface area contributed by atoms with Gasteiger partial charge < -0.3 is 14.8 Å². The van der Waals surface area contributed by atoms with Crippen LogP contribution in [0.2, 0.25) is 0 Å². The predicted octanol–water partition coefficient (Wildman–Crippen LogP) is 1.57. The third-order valence-corrected chi connectivity index (χ3v) is 3.66. The van der Waals surface area contributed by atoms with Crippen LogP contribution >= 0.6 is 0 Å². The summed E-state index contributed by atoms with van der Waals surface area (Å²) in [6, 6.07) is 11.8. The first kappa shape index (κ1) is 21.7. The molecule has 2 rings (SSSR count). The lowest BCUT2D eigenvalue weighted by molar-refractivity contribution is -0.132. The molecule has 0 aromatic heterocycles. The zero-order valence-corrected chi connectivity index (χ0v) is 16.0. The molecule has 154 valence electrons. The molecular formula is C20H22FN3O5. The fraction of sp³-hybridized carbons (Fsp3) is 0.250. The van der Waals surface area contributed by atoms with Crippen molar-refractivity contribution in [1.82, 2.24) is 16.2 Å². The maximum absolute atomic E-state index is 12.9. The van der Waals surface area contributed by atoms with Crippen LogP contribution in [0.3, 0.4) is 0 Å². The zero-order valence-electron chi connectivity index (χ0n) is 16.0. The third kappa shape index (κ3) is 6.80.